The van der Waals surface area contributed by atoms with Crippen molar-refractivity contribution in [1.82, 2.24) is 9.55 Å². The Balaban J connectivity index is 2.32. The first-order valence-corrected chi connectivity index (χ1v) is 8.27. The van der Waals surface area contributed by atoms with Gasteiger partial charge in [-0.3, -0.25) is 0 Å². The fraction of sp³-hybridized carbons (Fsp3) is 0.417. The molecule has 0 aliphatic rings. The maximum absolute atomic E-state index is 11.2. The third kappa shape index (κ3) is 3.26. The Morgan fingerprint density at radius 2 is 2.16 bits per heavy atom. The molecule has 1 heterocycles. The van der Waals surface area contributed by atoms with Crippen LogP contribution < -0.4 is 5.73 Å². The minimum atomic E-state index is -3.01. The van der Waals surface area contributed by atoms with Gasteiger partial charge in [-0.05, 0) is 24.6 Å². The third-order valence-electron chi connectivity index (χ3n) is 3.01. The molecule has 2 N–H and O–H groups in total. The van der Waals surface area contributed by atoms with Gasteiger partial charge < -0.3 is 10.3 Å². The van der Waals surface area contributed by atoms with Crippen molar-refractivity contribution in [3.8, 4) is 0 Å². The second kappa shape index (κ2) is 5.11. The predicted octanol–water partition coefficient (Wildman–Crippen LogP) is 1.66. The standard InChI is InChI=1S/C12H16ClN3O2S/c1-16-11-4-3-8(13)7-10(11)15-12(16)9(14)5-6-19(2,17)18/h3-4,7,9H,5-6,14H2,1-2H3. The normalized spacial score (nSPS) is 13.9. The largest absolute Gasteiger partial charge is 0.330 e. The van der Waals surface area contributed by atoms with E-state index in [9.17, 15) is 8.42 Å². The monoisotopic (exact) mass is 301 g/mol. The van der Waals surface area contributed by atoms with E-state index in [2.05, 4.69) is 4.98 Å². The second-order valence-corrected chi connectivity index (χ2v) is 7.38. The summed E-state index contributed by atoms with van der Waals surface area (Å²) in [5.74, 6) is 0.721. The highest BCUT2D eigenvalue weighted by molar-refractivity contribution is 7.90. The molecule has 0 spiro atoms. The van der Waals surface area contributed by atoms with Gasteiger partial charge in [0, 0.05) is 18.3 Å². The molecule has 0 fully saturated rings. The van der Waals surface area contributed by atoms with Crippen LogP contribution in [0.4, 0.5) is 0 Å². The highest BCUT2D eigenvalue weighted by Gasteiger charge is 2.16. The molecule has 0 aliphatic carbocycles. The van der Waals surface area contributed by atoms with Gasteiger partial charge in [0.1, 0.15) is 15.7 Å². The molecule has 1 aromatic carbocycles. The van der Waals surface area contributed by atoms with E-state index in [1.54, 1.807) is 12.1 Å². The molecule has 1 aromatic heterocycles. The lowest BCUT2D eigenvalue weighted by atomic mass is 10.2. The van der Waals surface area contributed by atoms with Gasteiger partial charge in [-0.2, -0.15) is 0 Å². The van der Waals surface area contributed by atoms with Gasteiger partial charge >= 0.3 is 0 Å². The average Bonchev–Trinajstić information content (AvgIpc) is 2.62. The van der Waals surface area contributed by atoms with E-state index >= 15 is 0 Å². The van der Waals surface area contributed by atoms with Crippen molar-refractivity contribution in [2.45, 2.75) is 12.5 Å². The third-order valence-corrected chi connectivity index (χ3v) is 4.22. The van der Waals surface area contributed by atoms with Crippen LogP contribution in [0.25, 0.3) is 11.0 Å². The van der Waals surface area contributed by atoms with Gasteiger partial charge in [-0.25, -0.2) is 13.4 Å². The summed E-state index contributed by atoms with van der Waals surface area (Å²) in [6.45, 7) is 0. The molecular formula is C12H16ClN3O2S. The smallest absolute Gasteiger partial charge is 0.147 e. The topological polar surface area (TPSA) is 78.0 Å². The van der Waals surface area contributed by atoms with Gasteiger partial charge in [0.25, 0.3) is 0 Å². The van der Waals surface area contributed by atoms with Crippen LogP contribution in [0.15, 0.2) is 18.2 Å². The number of aromatic nitrogens is 2. The summed E-state index contributed by atoms with van der Waals surface area (Å²) < 4.78 is 24.2. The summed E-state index contributed by atoms with van der Waals surface area (Å²) in [6.07, 6.45) is 1.55. The lowest BCUT2D eigenvalue weighted by molar-refractivity contribution is 0.581. The van der Waals surface area contributed by atoms with Crippen LogP contribution in [-0.4, -0.2) is 30.0 Å². The molecule has 104 valence electrons. The van der Waals surface area contributed by atoms with E-state index in [4.69, 9.17) is 17.3 Å². The minimum absolute atomic E-state index is 0.0537. The summed E-state index contributed by atoms with van der Waals surface area (Å²) >= 11 is 5.92. The molecule has 2 aromatic rings. The van der Waals surface area contributed by atoms with E-state index in [0.29, 0.717) is 17.3 Å². The quantitative estimate of drug-likeness (QED) is 0.931. The Labute approximate surface area is 117 Å². The summed E-state index contributed by atoms with van der Waals surface area (Å²) in [6, 6.07) is 5.02. The van der Waals surface area contributed by atoms with Crippen LogP contribution >= 0.6 is 11.6 Å². The first-order chi connectivity index (χ1) is 8.78. The Hall–Kier alpha value is -1.11. The fourth-order valence-electron chi connectivity index (χ4n) is 1.99. The summed E-state index contributed by atoms with van der Waals surface area (Å²) in [4.78, 5) is 4.43. The summed E-state index contributed by atoms with van der Waals surface area (Å²) in [7, 11) is -1.15. The molecule has 5 nitrogen and oxygen atoms in total. The number of hydrogen-bond acceptors (Lipinski definition) is 4. The molecule has 0 bridgehead atoms. The van der Waals surface area contributed by atoms with Crippen molar-refractivity contribution < 1.29 is 8.42 Å². The van der Waals surface area contributed by atoms with Crippen molar-refractivity contribution in [2.24, 2.45) is 12.8 Å². The van der Waals surface area contributed by atoms with E-state index in [-0.39, 0.29) is 5.75 Å². The number of hydrogen-bond donors (Lipinski definition) is 1. The Morgan fingerprint density at radius 1 is 1.47 bits per heavy atom. The van der Waals surface area contributed by atoms with Crippen LogP contribution in [-0.2, 0) is 16.9 Å². The minimum Gasteiger partial charge on any atom is -0.330 e. The SMILES string of the molecule is Cn1c(C(N)CCS(C)(=O)=O)nc2cc(Cl)ccc21. The van der Waals surface area contributed by atoms with Gasteiger partial charge in [0.05, 0.1) is 22.8 Å². The van der Waals surface area contributed by atoms with Crippen molar-refractivity contribution in [2.75, 3.05) is 12.0 Å². The van der Waals surface area contributed by atoms with E-state index in [1.165, 1.54) is 6.26 Å². The van der Waals surface area contributed by atoms with Crippen LogP contribution in [0.1, 0.15) is 18.3 Å². The molecule has 0 saturated heterocycles. The van der Waals surface area contributed by atoms with Gasteiger partial charge in [-0.15, -0.1) is 0 Å². The highest BCUT2D eigenvalue weighted by Crippen LogP contribution is 2.23. The van der Waals surface area contributed by atoms with Crippen molar-refractivity contribution in [1.29, 1.82) is 0 Å². The van der Waals surface area contributed by atoms with Crippen LogP contribution in [0.5, 0.6) is 0 Å². The van der Waals surface area contributed by atoms with E-state index in [0.717, 1.165) is 11.0 Å². The molecular weight excluding hydrogens is 286 g/mol. The first-order valence-electron chi connectivity index (χ1n) is 5.83. The fourth-order valence-corrected chi connectivity index (χ4v) is 2.84. The molecule has 1 atom stereocenters. The number of sulfone groups is 1. The van der Waals surface area contributed by atoms with E-state index < -0.39 is 15.9 Å². The molecule has 0 radical (unpaired) electrons. The number of fused-ring (bicyclic) bond motifs is 1. The predicted molar refractivity (Wildman–Crippen MR) is 77.0 cm³/mol. The zero-order valence-corrected chi connectivity index (χ0v) is 12.4. The molecule has 0 amide bonds. The van der Waals surface area contributed by atoms with Gasteiger partial charge in [-0.1, -0.05) is 11.6 Å². The van der Waals surface area contributed by atoms with Crippen molar-refractivity contribution in [3.63, 3.8) is 0 Å². The number of aryl methyl sites for hydroxylation is 1. The number of imidazole rings is 1. The summed E-state index contributed by atoms with van der Waals surface area (Å²) in [5, 5.41) is 0.613. The number of rotatable bonds is 4. The van der Waals surface area contributed by atoms with E-state index in [1.807, 2.05) is 17.7 Å². The number of nitrogens with zero attached hydrogens (tertiary/aromatic N) is 2. The van der Waals surface area contributed by atoms with Crippen LogP contribution in [0, 0.1) is 0 Å². The molecule has 2 rings (SSSR count). The Bertz CT molecular complexity index is 709. The molecule has 7 heteroatoms. The summed E-state index contributed by atoms with van der Waals surface area (Å²) in [5.41, 5.74) is 7.71. The maximum atomic E-state index is 11.2. The lowest BCUT2D eigenvalue weighted by Gasteiger charge is -2.10. The Morgan fingerprint density at radius 3 is 2.79 bits per heavy atom. The lowest BCUT2D eigenvalue weighted by Crippen LogP contribution is -2.19. The van der Waals surface area contributed by atoms with Gasteiger partial charge in [0.2, 0.25) is 0 Å². The van der Waals surface area contributed by atoms with Gasteiger partial charge in [0.15, 0.2) is 0 Å². The van der Waals surface area contributed by atoms with Crippen molar-refractivity contribution in [3.05, 3.63) is 29.0 Å². The number of benzene rings is 1. The highest BCUT2D eigenvalue weighted by atomic mass is 35.5. The number of nitrogens with two attached hydrogens (primary N) is 1. The maximum Gasteiger partial charge on any atom is 0.147 e. The molecule has 0 saturated carbocycles. The van der Waals surface area contributed by atoms with Crippen LogP contribution in [0.2, 0.25) is 5.02 Å². The Kier molecular flexibility index (Phi) is 3.85. The molecule has 1 unspecified atom stereocenters. The molecule has 0 aliphatic heterocycles. The average molecular weight is 302 g/mol. The van der Waals surface area contributed by atoms with Crippen LogP contribution in [0.3, 0.4) is 0 Å². The van der Waals surface area contributed by atoms with Crippen molar-refractivity contribution >= 4 is 32.5 Å². The zero-order valence-electron chi connectivity index (χ0n) is 10.8. The first kappa shape index (κ1) is 14.3. The number of halogens is 1. The second-order valence-electron chi connectivity index (χ2n) is 4.69. The molecule has 19 heavy (non-hydrogen) atoms. The zero-order chi connectivity index (χ0) is 14.2.